The first kappa shape index (κ1) is 9.01. The fourth-order valence-corrected chi connectivity index (χ4v) is 1.88. The number of hydrogen-bond acceptors (Lipinski definition) is 2. The summed E-state index contributed by atoms with van der Waals surface area (Å²) < 4.78 is 0. The largest absolute Gasteiger partial charge is 0.269 e. The first-order valence-corrected chi connectivity index (χ1v) is 4.53. The minimum Gasteiger partial charge on any atom is -0.269 e. The van der Waals surface area contributed by atoms with Crippen LogP contribution in [0, 0.1) is 5.41 Å². The van der Waals surface area contributed by atoms with Crippen LogP contribution in [0.1, 0.15) is 40.0 Å². The van der Waals surface area contributed by atoms with Crippen molar-refractivity contribution in [3.05, 3.63) is 0 Å². The average Bonchev–Trinajstić information content (AvgIpc) is 1.86. The molecule has 1 saturated heterocycles. The summed E-state index contributed by atoms with van der Waals surface area (Å²) in [6.07, 6.45) is 3.87. The van der Waals surface area contributed by atoms with Gasteiger partial charge in [-0.25, -0.2) is 5.01 Å². The molecule has 2 heteroatoms. The van der Waals surface area contributed by atoms with Gasteiger partial charge in [-0.05, 0) is 18.3 Å². The SMILES string of the molecule is CC(C)(C)[C@H]1CCCCN1N. The molecule has 0 aromatic rings. The van der Waals surface area contributed by atoms with Crippen molar-refractivity contribution in [1.29, 1.82) is 0 Å². The van der Waals surface area contributed by atoms with Crippen molar-refractivity contribution >= 4 is 0 Å². The van der Waals surface area contributed by atoms with Crippen LogP contribution in [-0.4, -0.2) is 17.6 Å². The van der Waals surface area contributed by atoms with Gasteiger partial charge in [-0.1, -0.05) is 27.2 Å². The van der Waals surface area contributed by atoms with Crippen molar-refractivity contribution in [3.63, 3.8) is 0 Å². The zero-order valence-corrected chi connectivity index (χ0v) is 7.93. The number of hydrazine groups is 1. The molecular weight excluding hydrogens is 136 g/mol. The standard InChI is InChI=1S/C9H20N2/c1-9(2,3)8-6-4-5-7-11(8)10/h8H,4-7,10H2,1-3H3/t8-/m1/s1. The van der Waals surface area contributed by atoms with E-state index >= 15 is 0 Å². The highest BCUT2D eigenvalue weighted by Crippen LogP contribution is 2.29. The van der Waals surface area contributed by atoms with Gasteiger partial charge in [0.1, 0.15) is 0 Å². The minimum absolute atomic E-state index is 0.342. The van der Waals surface area contributed by atoms with Gasteiger partial charge in [-0.15, -0.1) is 0 Å². The van der Waals surface area contributed by atoms with Crippen molar-refractivity contribution in [3.8, 4) is 0 Å². The second-order valence-corrected chi connectivity index (χ2v) is 4.62. The Morgan fingerprint density at radius 1 is 1.27 bits per heavy atom. The maximum absolute atomic E-state index is 5.90. The van der Waals surface area contributed by atoms with Crippen LogP contribution in [-0.2, 0) is 0 Å². The molecule has 1 fully saturated rings. The third-order valence-electron chi connectivity index (χ3n) is 2.54. The molecule has 1 aliphatic rings. The van der Waals surface area contributed by atoms with Gasteiger partial charge in [-0.2, -0.15) is 0 Å². The highest BCUT2D eigenvalue weighted by molar-refractivity contribution is 4.83. The van der Waals surface area contributed by atoms with E-state index in [-0.39, 0.29) is 0 Å². The lowest BCUT2D eigenvalue weighted by atomic mass is 9.81. The van der Waals surface area contributed by atoms with E-state index in [1.54, 1.807) is 0 Å². The summed E-state index contributed by atoms with van der Waals surface area (Å²) in [5.74, 6) is 5.90. The molecule has 0 bridgehead atoms. The van der Waals surface area contributed by atoms with Crippen LogP contribution < -0.4 is 5.84 Å². The fourth-order valence-electron chi connectivity index (χ4n) is 1.88. The van der Waals surface area contributed by atoms with Crippen LogP contribution in [0.3, 0.4) is 0 Å². The summed E-state index contributed by atoms with van der Waals surface area (Å²) in [6.45, 7) is 7.87. The van der Waals surface area contributed by atoms with Crippen LogP contribution in [0.5, 0.6) is 0 Å². The third-order valence-corrected chi connectivity index (χ3v) is 2.54. The van der Waals surface area contributed by atoms with Crippen molar-refractivity contribution in [2.75, 3.05) is 6.54 Å². The number of hydrogen-bond donors (Lipinski definition) is 1. The number of rotatable bonds is 0. The van der Waals surface area contributed by atoms with Crippen LogP contribution in [0.2, 0.25) is 0 Å². The third kappa shape index (κ3) is 2.17. The van der Waals surface area contributed by atoms with Gasteiger partial charge >= 0.3 is 0 Å². The molecule has 0 aliphatic carbocycles. The first-order chi connectivity index (χ1) is 5.02. The maximum atomic E-state index is 5.90. The molecule has 11 heavy (non-hydrogen) atoms. The minimum atomic E-state index is 0.342. The second kappa shape index (κ2) is 3.11. The molecule has 0 spiro atoms. The lowest BCUT2D eigenvalue weighted by Crippen LogP contribution is -2.50. The van der Waals surface area contributed by atoms with Gasteiger partial charge in [0.2, 0.25) is 0 Å². The Morgan fingerprint density at radius 2 is 1.91 bits per heavy atom. The number of nitrogens with zero attached hydrogens (tertiary/aromatic N) is 1. The highest BCUT2D eigenvalue weighted by atomic mass is 15.4. The molecule has 0 aromatic carbocycles. The summed E-state index contributed by atoms with van der Waals surface area (Å²) in [4.78, 5) is 0. The molecule has 1 atom stereocenters. The predicted octanol–water partition coefficient (Wildman–Crippen LogP) is 1.76. The molecule has 0 saturated carbocycles. The molecule has 0 unspecified atom stereocenters. The fraction of sp³-hybridized carbons (Fsp3) is 1.00. The highest BCUT2D eigenvalue weighted by Gasteiger charge is 2.30. The van der Waals surface area contributed by atoms with Crippen molar-refractivity contribution in [1.82, 2.24) is 5.01 Å². The molecule has 1 heterocycles. The van der Waals surface area contributed by atoms with Crippen molar-refractivity contribution < 1.29 is 0 Å². The normalized spacial score (nSPS) is 28.9. The Labute approximate surface area is 69.7 Å². The first-order valence-electron chi connectivity index (χ1n) is 4.53. The molecule has 0 radical (unpaired) electrons. The Hall–Kier alpha value is -0.0800. The summed E-state index contributed by atoms with van der Waals surface area (Å²) in [7, 11) is 0. The Balaban J connectivity index is 2.55. The molecule has 66 valence electrons. The van der Waals surface area contributed by atoms with Crippen molar-refractivity contribution in [2.24, 2.45) is 11.3 Å². The second-order valence-electron chi connectivity index (χ2n) is 4.62. The molecule has 1 rings (SSSR count). The van der Waals surface area contributed by atoms with Crippen LogP contribution in [0.25, 0.3) is 0 Å². The summed E-state index contributed by atoms with van der Waals surface area (Å²) in [5, 5.41) is 2.02. The topological polar surface area (TPSA) is 29.3 Å². The maximum Gasteiger partial charge on any atom is 0.0289 e. The average molecular weight is 156 g/mol. The monoisotopic (exact) mass is 156 g/mol. The molecule has 2 nitrogen and oxygen atoms in total. The Kier molecular flexibility index (Phi) is 2.55. The van der Waals surface area contributed by atoms with E-state index in [0.29, 0.717) is 11.5 Å². The van der Waals surface area contributed by atoms with Gasteiger partial charge < -0.3 is 0 Å². The molecule has 1 aliphatic heterocycles. The van der Waals surface area contributed by atoms with E-state index in [1.165, 1.54) is 19.3 Å². The molecule has 0 amide bonds. The van der Waals surface area contributed by atoms with E-state index in [2.05, 4.69) is 20.8 Å². The van der Waals surface area contributed by atoms with Crippen molar-refractivity contribution in [2.45, 2.75) is 46.1 Å². The summed E-state index contributed by atoms with van der Waals surface area (Å²) >= 11 is 0. The molecule has 0 aromatic heterocycles. The van der Waals surface area contributed by atoms with Gasteiger partial charge in [0.15, 0.2) is 0 Å². The molecular formula is C9H20N2. The lowest BCUT2D eigenvalue weighted by molar-refractivity contribution is 0.0642. The Morgan fingerprint density at radius 3 is 2.27 bits per heavy atom. The van der Waals surface area contributed by atoms with E-state index in [9.17, 15) is 0 Å². The lowest BCUT2D eigenvalue weighted by Gasteiger charge is -2.40. The summed E-state index contributed by atoms with van der Waals surface area (Å²) in [5.41, 5.74) is 0.342. The van der Waals surface area contributed by atoms with Gasteiger partial charge in [0, 0.05) is 12.6 Å². The van der Waals surface area contributed by atoms with Gasteiger partial charge in [-0.3, -0.25) is 5.84 Å². The number of nitrogens with two attached hydrogens (primary N) is 1. The van der Waals surface area contributed by atoms with E-state index < -0.39 is 0 Å². The van der Waals surface area contributed by atoms with Crippen LogP contribution in [0.4, 0.5) is 0 Å². The van der Waals surface area contributed by atoms with Gasteiger partial charge in [0.05, 0.1) is 0 Å². The Bertz CT molecular complexity index is 126. The predicted molar refractivity (Wildman–Crippen MR) is 48.0 cm³/mol. The molecule has 2 N–H and O–H groups in total. The zero-order valence-electron chi connectivity index (χ0n) is 7.93. The number of piperidine rings is 1. The van der Waals surface area contributed by atoms with Crippen LogP contribution >= 0.6 is 0 Å². The quantitative estimate of drug-likeness (QED) is 0.541. The van der Waals surface area contributed by atoms with Crippen LogP contribution in [0.15, 0.2) is 0 Å². The van der Waals surface area contributed by atoms with E-state index in [0.717, 1.165) is 6.54 Å². The van der Waals surface area contributed by atoms with E-state index in [4.69, 9.17) is 5.84 Å². The summed E-state index contributed by atoms with van der Waals surface area (Å²) in [6, 6.07) is 0.580. The zero-order chi connectivity index (χ0) is 8.48. The van der Waals surface area contributed by atoms with Gasteiger partial charge in [0.25, 0.3) is 0 Å². The van der Waals surface area contributed by atoms with E-state index in [1.807, 2.05) is 5.01 Å². The smallest absolute Gasteiger partial charge is 0.0289 e.